The van der Waals surface area contributed by atoms with Gasteiger partial charge in [-0.2, -0.15) is 0 Å². The topological polar surface area (TPSA) is 119 Å². The van der Waals surface area contributed by atoms with Gasteiger partial charge in [-0.05, 0) is 55.5 Å². The Bertz CT molecular complexity index is 1550. The Balaban J connectivity index is 1.58. The molecule has 0 aliphatic carbocycles. The van der Waals surface area contributed by atoms with Gasteiger partial charge in [0.25, 0.3) is 11.5 Å². The molecule has 4 aromatic rings. The number of amides is 1. The van der Waals surface area contributed by atoms with Crippen LogP contribution in [0.3, 0.4) is 0 Å². The van der Waals surface area contributed by atoms with E-state index in [2.05, 4.69) is 20.3 Å². The molecule has 36 heavy (non-hydrogen) atoms. The molecule has 3 aromatic heterocycles. The number of aromatic nitrogens is 4. The van der Waals surface area contributed by atoms with Gasteiger partial charge in [0.05, 0.1) is 10.9 Å². The summed E-state index contributed by atoms with van der Waals surface area (Å²) in [5, 5.41) is 2.94. The minimum Gasteiger partial charge on any atom is -0.439 e. The summed E-state index contributed by atoms with van der Waals surface area (Å²) in [6.07, 6.45) is 1.63. The number of ether oxygens (including phenoxy) is 1. The van der Waals surface area contributed by atoms with Crippen molar-refractivity contribution in [1.82, 2.24) is 24.8 Å². The van der Waals surface area contributed by atoms with Crippen LogP contribution in [0, 0.1) is 13.8 Å². The van der Waals surface area contributed by atoms with Crippen LogP contribution in [-0.4, -0.2) is 25.4 Å². The Morgan fingerprint density at radius 2 is 1.92 bits per heavy atom. The standard InChI is InChI=1S/C27H29N5O4/c1-6-32-24-23(26(34)31-27(32)35)19(12-20(30-24)15(2)3)25(33)29-14-18-9-10-22(28-13-18)36-21-11-16(4)7-8-17(21)5/h7-13,15H,6,14H2,1-5H3,(H,29,33)(H,31,34,35). The Labute approximate surface area is 208 Å². The number of pyridine rings is 2. The van der Waals surface area contributed by atoms with E-state index in [1.807, 2.05) is 52.0 Å². The number of H-pyrrole nitrogens is 1. The van der Waals surface area contributed by atoms with Gasteiger partial charge in [0.15, 0.2) is 5.65 Å². The van der Waals surface area contributed by atoms with Crippen molar-refractivity contribution in [3.8, 4) is 11.6 Å². The number of nitrogens with zero attached hydrogens (tertiary/aromatic N) is 3. The van der Waals surface area contributed by atoms with Crippen molar-refractivity contribution in [3.63, 3.8) is 0 Å². The molecule has 0 aliphatic heterocycles. The number of aromatic amines is 1. The molecule has 0 radical (unpaired) electrons. The normalized spacial score (nSPS) is 11.2. The fourth-order valence-electron chi connectivity index (χ4n) is 3.84. The molecular formula is C27H29N5O4. The molecule has 1 amide bonds. The van der Waals surface area contributed by atoms with E-state index in [1.165, 1.54) is 4.57 Å². The SMILES string of the molecule is CCn1c(=O)[nH]c(=O)c2c(C(=O)NCc3ccc(Oc4cc(C)ccc4C)nc3)cc(C(C)C)nc21. The number of carbonyl (C=O) groups excluding carboxylic acids is 1. The number of aryl methyl sites for hydroxylation is 3. The predicted octanol–water partition coefficient (Wildman–Crippen LogP) is 3.96. The molecule has 0 atom stereocenters. The van der Waals surface area contributed by atoms with Crippen molar-refractivity contribution in [2.45, 2.75) is 53.6 Å². The zero-order chi connectivity index (χ0) is 26.0. The maximum absolute atomic E-state index is 13.2. The van der Waals surface area contributed by atoms with E-state index in [-0.39, 0.29) is 29.1 Å². The van der Waals surface area contributed by atoms with E-state index in [0.717, 1.165) is 22.4 Å². The maximum atomic E-state index is 13.2. The highest BCUT2D eigenvalue weighted by atomic mass is 16.5. The van der Waals surface area contributed by atoms with Crippen molar-refractivity contribution >= 4 is 16.9 Å². The molecule has 1 aromatic carbocycles. The summed E-state index contributed by atoms with van der Waals surface area (Å²) < 4.78 is 7.26. The van der Waals surface area contributed by atoms with Crippen LogP contribution in [0.2, 0.25) is 0 Å². The summed E-state index contributed by atoms with van der Waals surface area (Å²) in [5.41, 5.74) is 2.67. The first kappa shape index (κ1) is 24.8. The molecule has 4 rings (SSSR count). The molecule has 2 N–H and O–H groups in total. The quantitative estimate of drug-likeness (QED) is 0.407. The first-order valence-electron chi connectivity index (χ1n) is 11.8. The first-order chi connectivity index (χ1) is 17.2. The van der Waals surface area contributed by atoms with Gasteiger partial charge in [-0.25, -0.2) is 14.8 Å². The second-order valence-electron chi connectivity index (χ2n) is 9.01. The lowest BCUT2D eigenvalue weighted by atomic mass is 10.0. The van der Waals surface area contributed by atoms with Gasteiger partial charge in [0, 0.05) is 31.0 Å². The molecule has 0 fully saturated rings. The highest BCUT2D eigenvalue weighted by Gasteiger charge is 2.20. The number of rotatable bonds is 7. The average molecular weight is 488 g/mol. The van der Waals surface area contributed by atoms with Gasteiger partial charge in [-0.3, -0.25) is 19.1 Å². The van der Waals surface area contributed by atoms with Crippen LogP contribution in [0.4, 0.5) is 0 Å². The highest BCUT2D eigenvalue weighted by Crippen LogP contribution is 2.25. The van der Waals surface area contributed by atoms with Crippen molar-refractivity contribution in [1.29, 1.82) is 0 Å². The largest absolute Gasteiger partial charge is 0.439 e. The zero-order valence-electron chi connectivity index (χ0n) is 21.0. The summed E-state index contributed by atoms with van der Waals surface area (Å²) >= 11 is 0. The van der Waals surface area contributed by atoms with Crippen molar-refractivity contribution < 1.29 is 9.53 Å². The van der Waals surface area contributed by atoms with Crippen LogP contribution in [0.15, 0.2) is 52.2 Å². The smallest absolute Gasteiger partial charge is 0.329 e. The van der Waals surface area contributed by atoms with Gasteiger partial charge in [0.2, 0.25) is 5.88 Å². The molecule has 0 saturated heterocycles. The minimum absolute atomic E-state index is 0.00516. The second-order valence-corrected chi connectivity index (χ2v) is 9.01. The molecule has 0 bridgehead atoms. The number of hydrogen-bond acceptors (Lipinski definition) is 6. The predicted molar refractivity (Wildman–Crippen MR) is 138 cm³/mol. The number of nitrogens with one attached hydrogen (secondary N) is 2. The van der Waals surface area contributed by atoms with E-state index in [1.54, 1.807) is 25.3 Å². The molecule has 9 nitrogen and oxygen atoms in total. The summed E-state index contributed by atoms with van der Waals surface area (Å²) in [6, 6.07) is 11.1. The zero-order valence-corrected chi connectivity index (χ0v) is 21.0. The van der Waals surface area contributed by atoms with Crippen LogP contribution < -0.4 is 21.3 Å². The fraction of sp³-hybridized carbons (Fsp3) is 0.296. The van der Waals surface area contributed by atoms with E-state index in [4.69, 9.17) is 4.74 Å². The number of fused-ring (bicyclic) bond motifs is 1. The molecule has 186 valence electrons. The van der Waals surface area contributed by atoms with Crippen LogP contribution in [-0.2, 0) is 13.1 Å². The molecule has 0 aliphatic rings. The molecular weight excluding hydrogens is 458 g/mol. The fourth-order valence-corrected chi connectivity index (χ4v) is 3.84. The van der Waals surface area contributed by atoms with Crippen LogP contribution in [0.1, 0.15) is 59.4 Å². The molecule has 0 saturated carbocycles. The van der Waals surface area contributed by atoms with E-state index < -0.39 is 17.2 Å². The Morgan fingerprint density at radius 1 is 1.14 bits per heavy atom. The second kappa shape index (κ2) is 10.2. The average Bonchev–Trinajstić information content (AvgIpc) is 2.85. The third-order valence-electron chi connectivity index (χ3n) is 5.93. The van der Waals surface area contributed by atoms with Gasteiger partial charge in [-0.15, -0.1) is 0 Å². The summed E-state index contributed by atoms with van der Waals surface area (Å²) in [6.45, 7) is 10.1. The Morgan fingerprint density at radius 3 is 2.58 bits per heavy atom. The van der Waals surface area contributed by atoms with E-state index in [0.29, 0.717) is 18.1 Å². The van der Waals surface area contributed by atoms with Crippen molar-refractivity contribution in [2.75, 3.05) is 0 Å². The molecule has 0 unspecified atom stereocenters. The molecule has 3 heterocycles. The monoisotopic (exact) mass is 487 g/mol. The van der Waals surface area contributed by atoms with Gasteiger partial charge in [0.1, 0.15) is 5.75 Å². The number of hydrogen-bond donors (Lipinski definition) is 2. The lowest BCUT2D eigenvalue weighted by molar-refractivity contribution is 0.0952. The van der Waals surface area contributed by atoms with Crippen LogP contribution in [0.5, 0.6) is 11.6 Å². The lowest BCUT2D eigenvalue weighted by Crippen LogP contribution is -2.33. The maximum Gasteiger partial charge on any atom is 0.329 e. The van der Waals surface area contributed by atoms with Gasteiger partial charge >= 0.3 is 5.69 Å². The van der Waals surface area contributed by atoms with E-state index >= 15 is 0 Å². The third kappa shape index (κ3) is 5.05. The van der Waals surface area contributed by atoms with Crippen molar-refractivity contribution in [2.24, 2.45) is 0 Å². The molecule has 9 heteroatoms. The van der Waals surface area contributed by atoms with Crippen LogP contribution in [0.25, 0.3) is 11.0 Å². The Hall–Kier alpha value is -4.27. The van der Waals surface area contributed by atoms with Gasteiger partial charge in [-0.1, -0.05) is 32.0 Å². The van der Waals surface area contributed by atoms with Crippen molar-refractivity contribution in [3.05, 3.63) is 91.4 Å². The Kier molecular flexibility index (Phi) is 7.00. The van der Waals surface area contributed by atoms with Crippen LogP contribution >= 0.6 is 0 Å². The van der Waals surface area contributed by atoms with E-state index in [9.17, 15) is 14.4 Å². The number of benzene rings is 1. The number of carbonyl (C=O) groups is 1. The highest BCUT2D eigenvalue weighted by molar-refractivity contribution is 6.05. The lowest BCUT2D eigenvalue weighted by Gasteiger charge is -2.14. The minimum atomic E-state index is -0.637. The third-order valence-corrected chi connectivity index (χ3v) is 5.93. The molecule has 0 spiro atoms. The summed E-state index contributed by atoms with van der Waals surface area (Å²) in [4.78, 5) is 49.3. The first-order valence-corrected chi connectivity index (χ1v) is 11.8. The summed E-state index contributed by atoms with van der Waals surface area (Å²) in [5.74, 6) is 0.746. The summed E-state index contributed by atoms with van der Waals surface area (Å²) in [7, 11) is 0. The van der Waals surface area contributed by atoms with Gasteiger partial charge < -0.3 is 10.1 Å².